The summed E-state index contributed by atoms with van der Waals surface area (Å²) in [6.07, 6.45) is 0.790. The second-order valence-electron chi connectivity index (χ2n) is 4.71. The van der Waals surface area contributed by atoms with Crippen molar-refractivity contribution in [3.05, 3.63) is 24.2 Å². The topological polar surface area (TPSA) is 68.5 Å². The van der Waals surface area contributed by atoms with Gasteiger partial charge in [0, 0.05) is 0 Å². The first kappa shape index (κ1) is 13.3. The Bertz CT molecular complexity index is 389. The number of rotatable bonds is 3. The lowest BCUT2D eigenvalue weighted by Gasteiger charge is -2.21. The summed E-state index contributed by atoms with van der Waals surface area (Å²) in [7, 11) is 0. The van der Waals surface area contributed by atoms with Gasteiger partial charge < -0.3 is 14.5 Å². The fraction of sp³-hybridized carbons (Fsp3) is 0.500. The lowest BCUT2D eigenvalue weighted by Crippen LogP contribution is -2.41. The molecule has 0 bridgehead atoms. The minimum Gasteiger partial charge on any atom is -0.461 e. The normalized spacial score (nSPS) is 12.9. The van der Waals surface area contributed by atoms with Crippen LogP contribution in [0.2, 0.25) is 0 Å². The van der Waals surface area contributed by atoms with Crippen LogP contribution in [0.4, 0.5) is 4.79 Å². The molecule has 5 heteroatoms. The molecule has 0 fully saturated rings. The van der Waals surface area contributed by atoms with Crippen LogP contribution in [0.5, 0.6) is 0 Å². The predicted octanol–water partition coefficient (Wildman–Crippen LogP) is 2.38. The molecule has 0 saturated heterocycles. The lowest BCUT2D eigenvalue weighted by molar-refractivity contribution is 0.0494. The fourth-order valence-corrected chi connectivity index (χ4v) is 1.18. The summed E-state index contributed by atoms with van der Waals surface area (Å²) in [5.74, 6) is -0.0746. The molecular formula is C12H17NO4. The Morgan fingerprint density at radius 3 is 2.53 bits per heavy atom. The van der Waals surface area contributed by atoms with Crippen LogP contribution < -0.4 is 5.32 Å². The van der Waals surface area contributed by atoms with Crippen molar-refractivity contribution in [1.82, 2.24) is 5.32 Å². The first-order valence-corrected chi connectivity index (χ1v) is 5.37. The maximum absolute atomic E-state index is 11.7. The van der Waals surface area contributed by atoms with E-state index in [1.54, 1.807) is 39.8 Å². The second kappa shape index (κ2) is 5.03. The van der Waals surface area contributed by atoms with E-state index in [9.17, 15) is 9.59 Å². The maximum Gasteiger partial charge on any atom is 0.408 e. The smallest absolute Gasteiger partial charge is 0.408 e. The number of carbonyl (C=O) groups is 2. The van der Waals surface area contributed by atoms with Gasteiger partial charge in [-0.25, -0.2) is 4.79 Å². The van der Waals surface area contributed by atoms with Crippen LogP contribution in [-0.4, -0.2) is 23.5 Å². The van der Waals surface area contributed by atoms with Crippen molar-refractivity contribution < 1.29 is 18.7 Å². The summed E-state index contributed by atoms with van der Waals surface area (Å²) in [6, 6.07) is 2.49. The Labute approximate surface area is 100 Å². The van der Waals surface area contributed by atoms with Gasteiger partial charge in [-0.3, -0.25) is 4.79 Å². The third kappa shape index (κ3) is 4.30. The Hall–Kier alpha value is -1.78. The summed E-state index contributed by atoms with van der Waals surface area (Å²) in [6.45, 7) is 6.84. The third-order valence-corrected chi connectivity index (χ3v) is 1.89. The zero-order valence-electron chi connectivity index (χ0n) is 10.4. The van der Waals surface area contributed by atoms with Gasteiger partial charge >= 0.3 is 6.09 Å². The molecule has 5 nitrogen and oxygen atoms in total. The molecule has 0 radical (unpaired) electrons. The van der Waals surface area contributed by atoms with Crippen molar-refractivity contribution in [3.8, 4) is 0 Å². The molecule has 1 atom stereocenters. The van der Waals surface area contributed by atoms with Crippen LogP contribution in [0.15, 0.2) is 22.8 Å². The highest BCUT2D eigenvalue weighted by Gasteiger charge is 2.22. The van der Waals surface area contributed by atoms with Gasteiger partial charge in [-0.05, 0) is 39.8 Å². The lowest BCUT2D eigenvalue weighted by atomic mass is 10.2. The zero-order valence-corrected chi connectivity index (χ0v) is 10.4. The monoisotopic (exact) mass is 239 g/mol. The highest BCUT2D eigenvalue weighted by atomic mass is 16.6. The highest BCUT2D eigenvalue weighted by molar-refractivity contribution is 5.98. The number of hydrogen-bond acceptors (Lipinski definition) is 4. The van der Waals surface area contributed by atoms with Gasteiger partial charge in [-0.2, -0.15) is 0 Å². The summed E-state index contributed by atoms with van der Waals surface area (Å²) in [4.78, 5) is 23.2. The van der Waals surface area contributed by atoms with Crippen molar-refractivity contribution in [2.24, 2.45) is 0 Å². The predicted molar refractivity (Wildman–Crippen MR) is 61.9 cm³/mol. The second-order valence-corrected chi connectivity index (χ2v) is 4.71. The van der Waals surface area contributed by atoms with Crippen molar-refractivity contribution >= 4 is 11.9 Å². The quantitative estimate of drug-likeness (QED) is 0.822. The van der Waals surface area contributed by atoms with Gasteiger partial charge in [0.1, 0.15) is 5.60 Å². The van der Waals surface area contributed by atoms with E-state index in [-0.39, 0.29) is 11.5 Å². The van der Waals surface area contributed by atoms with E-state index in [4.69, 9.17) is 9.15 Å². The van der Waals surface area contributed by atoms with Crippen LogP contribution in [-0.2, 0) is 4.74 Å². The summed E-state index contributed by atoms with van der Waals surface area (Å²) >= 11 is 0. The van der Waals surface area contributed by atoms with Gasteiger partial charge in [0.05, 0.1) is 12.3 Å². The Morgan fingerprint density at radius 1 is 1.41 bits per heavy atom. The molecule has 1 aromatic rings. The number of hydrogen-bond donors (Lipinski definition) is 1. The van der Waals surface area contributed by atoms with E-state index < -0.39 is 17.7 Å². The van der Waals surface area contributed by atoms with E-state index in [2.05, 4.69) is 5.32 Å². The van der Waals surface area contributed by atoms with Crippen LogP contribution in [0, 0.1) is 0 Å². The average molecular weight is 239 g/mol. The molecule has 0 aliphatic heterocycles. The largest absolute Gasteiger partial charge is 0.461 e. The van der Waals surface area contributed by atoms with Gasteiger partial charge in [-0.1, -0.05) is 0 Å². The Balaban J connectivity index is 2.52. The van der Waals surface area contributed by atoms with Crippen LogP contribution in [0.1, 0.15) is 38.2 Å². The Morgan fingerprint density at radius 2 is 2.06 bits per heavy atom. The van der Waals surface area contributed by atoms with Crippen LogP contribution in [0.3, 0.4) is 0 Å². The van der Waals surface area contributed by atoms with Crippen molar-refractivity contribution in [2.75, 3.05) is 0 Å². The van der Waals surface area contributed by atoms with E-state index in [0.717, 1.165) is 0 Å². The molecule has 0 unspecified atom stereocenters. The number of alkyl carbamates (subject to hydrolysis) is 1. The molecule has 1 N–H and O–H groups in total. The molecular weight excluding hydrogens is 222 g/mol. The van der Waals surface area contributed by atoms with Crippen molar-refractivity contribution in [2.45, 2.75) is 39.3 Å². The number of Topliss-reactive ketones (excluding diaryl/α,β-unsaturated/α-hetero) is 1. The average Bonchev–Trinajstić information content (AvgIpc) is 2.65. The molecule has 0 spiro atoms. The first-order valence-electron chi connectivity index (χ1n) is 5.37. The number of ketones is 1. The number of ether oxygens (including phenoxy) is 1. The third-order valence-electron chi connectivity index (χ3n) is 1.89. The van der Waals surface area contributed by atoms with E-state index in [1.807, 2.05) is 0 Å². The summed E-state index contributed by atoms with van der Waals surface area (Å²) in [5, 5.41) is 2.45. The standard InChI is InChI=1S/C12H17NO4/c1-8(10(14)9-6-5-7-16-9)13-11(15)17-12(2,3)4/h5-8H,1-4H3,(H,13,15)/t8-/m0/s1. The van der Waals surface area contributed by atoms with Crippen LogP contribution in [0.25, 0.3) is 0 Å². The number of nitrogens with one attached hydrogen (secondary N) is 1. The molecule has 94 valence electrons. The molecule has 0 saturated carbocycles. The molecule has 1 heterocycles. The van der Waals surface area contributed by atoms with E-state index >= 15 is 0 Å². The Kier molecular flexibility index (Phi) is 3.93. The van der Waals surface area contributed by atoms with E-state index in [0.29, 0.717) is 0 Å². The maximum atomic E-state index is 11.7. The number of carbonyl (C=O) groups excluding carboxylic acids is 2. The van der Waals surface area contributed by atoms with Gasteiger partial charge in [0.15, 0.2) is 5.76 Å². The molecule has 1 aromatic heterocycles. The van der Waals surface area contributed by atoms with E-state index in [1.165, 1.54) is 6.26 Å². The molecule has 0 aromatic carbocycles. The SMILES string of the molecule is C[C@H](NC(=O)OC(C)(C)C)C(=O)c1ccco1. The molecule has 0 aliphatic carbocycles. The minimum atomic E-state index is -0.684. The first-order chi connectivity index (χ1) is 7.79. The highest BCUT2D eigenvalue weighted by Crippen LogP contribution is 2.08. The summed E-state index contributed by atoms with van der Waals surface area (Å²) in [5.41, 5.74) is -0.586. The van der Waals surface area contributed by atoms with Crippen molar-refractivity contribution in [1.29, 1.82) is 0 Å². The molecule has 1 amide bonds. The molecule has 17 heavy (non-hydrogen) atoms. The van der Waals surface area contributed by atoms with Gasteiger partial charge in [0.25, 0.3) is 0 Å². The number of amides is 1. The molecule has 0 aliphatic rings. The number of furan rings is 1. The van der Waals surface area contributed by atoms with Crippen LogP contribution >= 0.6 is 0 Å². The van der Waals surface area contributed by atoms with Gasteiger partial charge in [-0.15, -0.1) is 0 Å². The fourth-order valence-electron chi connectivity index (χ4n) is 1.18. The zero-order chi connectivity index (χ0) is 13.1. The summed E-state index contributed by atoms with van der Waals surface area (Å²) < 4.78 is 10.0. The van der Waals surface area contributed by atoms with Crippen molar-refractivity contribution in [3.63, 3.8) is 0 Å². The minimum absolute atomic E-state index is 0.216. The van der Waals surface area contributed by atoms with Gasteiger partial charge in [0.2, 0.25) is 5.78 Å². The molecule has 1 rings (SSSR count).